The van der Waals surface area contributed by atoms with Crippen LogP contribution in [-0.2, 0) is 26.1 Å². The second kappa shape index (κ2) is 11.5. The van der Waals surface area contributed by atoms with Gasteiger partial charge in [-0.1, -0.05) is 41.9 Å². The maximum absolute atomic E-state index is 13.1. The minimum Gasteiger partial charge on any atom is -0.435 e. The van der Waals surface area contributed by atoms with E-state index in [-0.39, 0.29) is 11.7 Å². The third-order valence-electron chi connectivity index (χ3n) is 7.34. The molecule has 0 atom stereocenters. The van der Waals surface area contributed by atoms with Crippen LogP contribution < -0.4 is 4.74 Å². The van der Waals surface area contributed by atoms with Crippen LogP contribution >= 0.6 is 11.6 Å². The molecule has 3 aromatic rings. The molecule has 2 heterocycles. The van der Waals surface area contributed by atoms with Crippen LogP contribution in [0.15, 0.2) is 60.7 Å². The summed E-state index contributed by atoms with van der Waals surface area (Å²) >= 11 is 6.60. The topological polar surface area (TPSA) is 56.6 Å². The van der Waals surface area contributed by atoms with Crippen LogP contribution in [0, 0.1) is 17.2 Å². The van der Waals surface area contributed by atoms with Gasteiger partial charge in [-0.25, -0.2) is 0 Å². The SMILES string of the molecule is N#Cc1ccc(CN2CCC(Cc3cc(Cl)c4c(c3)CN(Cc3ccc(OC(F)F)cc3)C4=O)CC2)cc1. The molecule has 0 spiro atoms. The van der Waals surface area contributed by atoms with Crippen molar-refractivity contribution in [1.29, 1.82) is 5.26 Å². The number of nitrogens with zero attached hydrogens (tertiary/aromatic N) is 3. The predicted octanol–water partition coefficient (Wildman–Crippen LogP) is 6.42. The molecule has 0 N–H and O–H groups in total. The molecule has 0 saturated carbocycles. The van der Waals surface area contributed by atoms with Crippen molar-refractivity contribution in [1.82, 2.24) is 9.80 Å². The molecule has 3 aromatic carbocycles. The van der Waals surface area contributed by atoms with Gasteiger partial charge in [-0.3, -0.25) is 9.69 Å². The normalized spacial score (nSPS) is 16.1. The summed E-state index contributed by atoms with van der Waals surface area (Å²) in [4.78, 5) is 17.2. The van der Waals surface area contributed by atoms with Gasteiger partial charge in [-0.2, -0.15) is 14.0 Å². The number of benzene rings is 3. The molecule has 2 aliphatic rings. The quantitative estimate of drug-likeness (QED) is 0.334. The van der Waals surface area contributed by atoms with Crippen LogP contribution in [0.4, 0.5) is 8.78 Å². The number of fused-ring (bicyclic) bond motifs is 1. The number of piperidine rings is 1. The number of hydrogen-bond donors (Lipinski definition) is 0. The van der Waals surface area contributed by atoms with E-state index in [1.165, 1.54) is 17.7 Å². The van der Waals surface area contributed by atoms with Gasteiger partial charge in [0.25, 0.3) is 5.91 Å². The standard InChI is InChI=1S/C30H28ClF2N3O2/c31-27-15-24(13-20-9-11-35(12-10-20)17-22-3-1-21(16-34)2-4-22)14-25-19-36(29(37)28(25)27)18-23-5-7-26(8-6-23)38-30(32)33/h1-8,14-15,20,30H,9-13,17-19H2. The van der Waals surface area contributed by atoms with Crippen molar-refractivity contribution < 1.29 is 18.3 Å². The Kier molecular flexibility index (Phi) is 7.92. The average molecular weight is 536 g/mol. The lowest BCUT2D eigenvalue weighted by atomic mass is 9.89. The minimum absolute atomic E-state index is 0.0903. The van der Waals surface area contributed by atoms with Crippen molar-refractivity contribution in [3.05, 3.63) is 99.1 Å². The number of carbonyl (C=O) groups excluding carboxylic acids is 1. The Balaban J connectivity index is 1.16. The smallest absolute Gasteiger partial charge is 0.387 e. The van der Waals surface area contributed by atoms with Crippen molar-refractivity contribution in [2.24, 2.45) is 5.92 Å². The number of alkyl halides is 2. The summed E-state index contributed by atoms with van der Waals surface area (Å²) in [5.41, 5.74) is 5.39. The molecule has 0 radical (unpaired) electrons. The van der Waals surface area contributed by atoms with Gasteiger partial charge in [-0.15, -0.1) is 0 Å². The lowest BCUT2D eigenvalue weighted by Gasteiger charge is -2.32. The number of carbonyl (C=O) groups is 1. The van der Waals surface area contributed by atoms with E-state index in [4.69, 9.17) is 16.9 Å². The van der Waals surface area contributed by atoms with Crippen LogP contribution in [0.3, 0.4) is 0 Å². The number of hydrogen-bond acceptors (Lipinski definition) is 4. The monoisotopic (exact) mass is 535 g/mol. The number of amides is 1. The van der Waals surface area contributed by atoms with Crippen molar-refractivity contribution in [3.8, 4) is 11.8 Å². The van der Waals surface area contributed by atoms with Crippen LogP contribution in [0.5, 0.6) is 5.75 Å². The van der Waals surface area contributed by atoms with E-state index < -0.39 is 6.61 Å². The Bertz CT molecular complexity index is 1330. The zero-order valence-electron chi connectivity index (χ0n) is 20.9. The molecule has 2 aliphatic heterocycles. The molecule has 1 saturated heterocycles. The van der Waals surface area contributed by atoms with Gasteiger partial charge in [0.2, 0.25) is 0 Å². The number of ether oxygens (including phenoxy) is 1. The molecule has 38 heavy (non-hydrogen) atoms. The highest BCUT2D eigenvalue weighted by Gasteiger charge is 2.31. The zero-order valence-corrected chi connectivity index (χ0v) is 21.6. The number of nitriles is 1. The highest BCUT2D eigenvalue weighted by molar-refractivity contribution is 6.34. The second-order valence-corrected chi connectivity index (χ2v) is 10.4. The Morgan fingerprint density at radius 3 is 2.29 bits per heavy atom. The number of likely N-dealkylation sites (tertiary alicyclic amines) is 1. The van der Waals surface area contributed by atoms with Crippen molar-refractivity contribution in [2.75, 3.05) is 13.1 Å². The fraction of sp³-hybridized carbons (Fsp3) is 0.333. The molecule has 0 aliphatic carbocycles. The Morgan fingerprint density at radius 2 is 1.63 bits per heavy atom. The van der Waals surface area contributed by atoms with E-state index in [1.807, 2.05) is 30.3 Å². The fourth-order valence-corrected chi connectivity index (χ4v) is 5.74. The van der Waals surface area contributed by atoms with E-state index >= 15 is 0 Å². The highest BCUT2D eigenvalue weighted by Crippen LogP contribution is 2.33. The highest BCUT2D eigenvalue weighted by atomic mass is 35.5. The van der Waals surface area contributed by atoms with Gasteiger partial charge in [0.05, 0.1) is 22.2 Å². The van der Waals surface area contributed by atoms with Gasteiger partial charge in [0.1, 0.15) is 5.75 Å². The molecule has 8 heteroatoms. The molecular formula is C30H28ClF2N3O2. The summed E-state index contributed by atoms with van der Waals surface area (Å²) in [5, 5.41) is 9.46. The van der Waals surface area contributed by atoms with Crippen molar-refractivity contribution >= 4 is 17.5 Å². The number of halogens is 3. The fourth-order valence-electron chi connectivity index (χ4n) is 5.39. The van der Waals surface area contributed by atoms with Gasteiger partial charge in [0.15, 0.2) is 0 Å². The number of rotatable bonds is 8. The summed E-state index contributed by atoms with van der Waals surface area (Å²) in [6.45, 7) is 0.913. The van der Waals surface area contributed by atoms with E-state index in [0.29, 0.717) is 35.2 Å². The summed E-state index contributed by atoms with van der Waals surface area (Å²) in [5.74, 6) is 0.539. The van der Waals surface area contributed by atoms with E-state index in [1.54, 1.807) is 17.0 Å². The van der Waals surface area contributed by atoms with Crippen LogP contribution in [0.1, 0.15) is 51.0 Å². The predicted molar refractivity (Wildman–Crippen MR) is 141 cm³/mol. The third-order valence-corrected chi connectivity index (χ3v) is 7.63. The Morgan fingerprint density at radius 1 is 0.974 bits per heavy atom. The molecular weight excluding hydrogens is 508 g/mol. The molecule has 1 fully saturated rings. The van der Waals surface area contributed by atoms with Gasteiger partial charge in [-0.05, 0) is 90.9 Å². The molecule has 5 nitrogen and oxygen atoms in total. The first-order chi connectivity index (χ1) is 18.4. The molecule has 0 bridgehead atoms. The third kappa shape index (κ3) is 6.15. The van der Waals surface area contributed by atoms with Gasteiger partial charge < -0.3 is 9.64 Å². The zero-order chi connectivity index (χ0) is 26.6. The largest absolute Gasteiger partial charge is 0.435 e. The van der Waals surface area contributed by atoms with Gasteiger partial charge in [0, 0.05) is 19.6 Å². The maximum Gasteiger partial charge on any atom is 0.387 e. The molecule has 196 valence electrons. The van der Waals surface area contributed by atoms with Crippen molar-refractivity contribution in [2.45, 2.75) is 45.5 Å². The van der Waals surface area contributed by atoms with Crippen LogP contribution in [0.25, 0.3) is 0 Å². The van der Waals surface area contributed by atoms with E-state index in [0.717, 1.165) is 55.6 Å². The Hall–Kier alpha value is -3.47. The van der Waals surface area contributed by atoms with E-state index in [2.05, 4.69) is 21.8 Å². The minimum atomic E-state index is -2.87. The first-order valence-corrected chi connectivity index (χ1v) is 13.1. The Labute approximate surface area is 226 Å². The first-order valence-electron chi connectivity index (χ1n) is 12.7. The average Bonchev–Trinajstić information content (AvgIpc) is 3.21. The summed E-state index contributed by atoms with van der Waals surface area (Å²) in [6, 6.07) is 20.3. The summed E-state index contributed by atoms with van der Waals surface area (Å²) < 4.78 is 29.2. The van der Waals surface area contributed by atoms with Crippen molar-refractivity contribution in [3.63, 3.8) is 0 Å². The second-order valence-electron chi connectivity index (χ2n) is 10.0. The molecule has 0 aromatic heterocycles. The van der Waals surface area contributed by atoms with E-state index in [9.17, 15) is 13.6 Å². The maximum atomic E-state index is 13.1. The molecule has 5 rings (SSSR count). The first kappa shape index (κ1) is 26.1. The summed E-state index contributed by atoms with van der Waals surface area (Å²) in [7, 11) is 0. The lowest BCUT2D eigenvalue weighted by molar-refractivity contribution is -0.0498. The molecule has 0 unspecified atom stereocenters. The van der Waals surface area contributed by atoms with Crippen LogP contribution in [0.2, 0.25) is 5.02 Å². The molecule has 1 amide bonds. The summed E-state index contributed by atoms with van der Waals surface area (Å²) in [6.07, 6.45) is 3.13. The van der Waals surface area contributed by atoms with Crippen LogP contribution in [-0.4, -0.2) is 35.4 Å². The van der Waals surface area contributed by atoms with Gasteiger partial charge >= 0.3 is 6.61 Å². The lowest BCUT2D eigenvalue weighted by Crippen LogP contribution is -2.33.